The maximum atomic E-state index is 10.3. The lowest BCUT2D eigenvalue weighted by Crippen LogP contribution is -2.00. The predicted octanol–water partition coefficient (Wildman–Crippen LogP) is 5.73. The summed E-state index contributed by atoms with van der Waals surface area (Å²) in [6, 6.07) is 25.1. The van der Waals surface area contributed by atoms with E-state index in [9.17, 15) is 5.11 Å². The van der Waals surface area contributed by atoms with E-state index in [1.807, 2.05) is 66.7 Å². The van der Waals surface area contributed by atoms with E-state index in [0.29, 0.717) is 17.3 Å². The molecule has 2 N–H and O–H groups in total. The van der Waals surface area contributed by atoms with Crippen LogP contribution in [0.4, 0.5) is 5.95 Å². The normalized spacial score (nSPS) is 10.9. The SMILES string of the molecule is COc1cc(Br)cc(/C=N/Nc2nc(-c3ccccc3)cc(-c3ccccc3)n2)c1O. The molecule has 0 atom stereocenters. The molecule has 0 unspecified atom stereocenters. The van der Waals surface area contributed by atoms with Crippen LogP contribution in [0.15, 0.2) is 88.4 Å². The van der Waals surface area contributed by atoms with Crippen molar-refractivity contribution in [1.82, 2.24) is 9.97 Å². The molecule has 0 saturated heterocycles. The standard InChI is InChI=1S/C24H19BrN4O2/c1-31-22-13-19(25)12-18(23(22)30)15-26-29-24-27-20(16-8-4-2-5-9-16)14-21(28-24)17-10-6-3-7-11-17/h2-15,30H,1H3,(H,27,28,29)/b26-15+. The van der Waals surface area contributed by atoms with Crippen molar-refractivity contribution < 1.29 is 9.84 Å². The summed E-state index contributed by atoms with van der Waals surface area (Å²) in [6.45, 7) is 0. The Morgan fingerprint density at radius 3 is 2.03 bits per heavy atom. The highest BCUT2D eigenvalue weighted by Gasteiger charge is 2.10. The number of hydrogen-bond acceptors (Lipinski definition) is 6. The van der Waals surface area contributed by atoms with Crippen molar-refractivity contribution in [3.05, 3.63) is 88.9 Å². The average molecular weight is 475 g/mol. The second-order valence-corrected chi connectivity index (χ2v) is 7.53. The van der Waals surface area contributed by atoms with Crippen molar-refractivity contribution in [2.24, 2.45) is 5.10 Å². The molecule has 1 heterocycles. The van der Waals surface area contributed by atoms with Crippen molar-refractivity contribution in [2.45, 2.75) is 0 Å². The number of rotatable bonds is 6. The zero-order valence-corrected chi connectivity index (χ0v) is 18.2. The number of phenols is 1. The second kappa shape index (κ2) is 9.40. The Labute approximate surface area is 188 Å². The molecule has 1 aromatic heterocycles. The molecule has 4 rings (SSSR count). The Morgan fingerprint density at radius 1 is 0.903 bits per heavy atom. The van der Waals surface area contributed by atoms with E-state index < -0.39 is 0 Å². The summed E-state index contributed by atoms with van der Waals surface area (Å²) >= 11 is 3.40. The van der Waals surface area contributed by atoms with Gasteiger partial charge in [0.1, 0.15) is 0 Å². The fourth-order valence-corrected chi connectivity index (χ4v) is 3.47. The summed E-state index contributed by atoms with van der Waals surface area (Å²) < 4.78 is 5.94. The maximum absolute atomic E-state index is 10.3. The lowest BCUT2D eigenvalue weighted by molar-refractivity contribution is 0.373. The van der Waals surface area contributed by atoms with Gasteiger partial charge < -0.3 is 9.84 Å². The maximum Gasteiger partial charge on any atom is 0.244 e. The lowest BCUT2D eigenvalue weighted by atomic mass is 10.1. The van der Waals surface area contributed by atoms with Gasteiger partial charge in [-0.05, 0) is 18.2 Å². The molecule has 0 saturated carbocycles. The van der Waals surface area contributed by atoms with Gasteiger partial charge in [0, 0.05) is 21.2 Å². The first-order chi connectivity index (χ1) is 15.1. The van der Waals surface area contributed by atoms with Crippen LogP contribution in [0.2, 0.25) is 0 Å². The molecule has 6 nitrogen and oxygen atoms in total. The van der Waals surface area contributed by atoms with Crippen LogP contribution in [0, 0.1) is 0 Å². The summed E-state index contributed by atoms with van der Waals surface area (Å²) in [5.41, 5.74) is 6.87. The van der Waals surface area contributed by atoms with Gasteiger partial charge in [-0.1, -0.05) is 76.6 Å². The van der Waals surface area contributed by atoms with Gasteiger partial charge >= 0.3 is 0 Å². The van der Waals surface area contributed by atoms with Crippen LogP contribution in [0.1, 0.15) is 5.56 Å². The molecule has 0 amide bonds. The van der Waals surface area contributed by atoms with Crippen LogP contribution in [0.25, 0.3) is 22.5 Å². The molecular formula is C24H19BrN4O2. The van der Waals surface area contributed by atoms with Crippen LogP contribution in [-0.4, -0.2) is 28.4 Å². The van der Waals surface area contributed by atoms with Crippen LogP contribution in [0.5, 0.6) is 11.5 Å². The van der Waals surface area contributed by atoms with Crippen molar-refractivity contribution in [3.63, 3.8) is 0 Å². The third kappa shape index (κ3) is 4.90. The molecule has 4 aromatic rings. The number of nitrogens with one attached hydrogen (secondary N) is 1. The van der Waals surface area contributed by atoms with Gasteiger partial charge in [-0.2, -0.15) is 5.10 Å². The van der Waals surface area contributed by atoms with E-state index in [1.54, 1.807) is 12.1 Å². The molecule has 0 spiro atoms. The Bertz CT molecular complexity index is 1160. The van der Waals surface area contributed by atoms with Gasteiger partial charge in [0.15, 0.2) is 11.5 Å². The van der Waals surface area contributed by atoms with Crippen molar-refractivity contribution in [2.75, 3.05) is 12.5 Å². The van der Waals surface area contributed by atoms with Crippen molar-refractivity contribution in [3.8, 4) is 34.0 Å². The van der Waals surface area contributed by atoms with Gasteiger partial charge in [-0.3, -0.25) is 0 Å². The molecule has 3 aromatic carbocycles. The van der Waals surface area contributed by atoms with E-state index in [0.717, 1.165) is 27.0 Å². The smallest absolute Gasteiger partial charge is 0.244 e. The minimum Gasteiger partial charge on any atom is -0.504 e. The van der Waals surface area contributed by atoms with E-state index >= 15 is 0 Å². The average Bonchev–Trinajstić information content (AvgIpc) is 2.82. The quantitative estimate of drug-likeness (QED) is 0.275. The fraction of sp³-hybridized carbons (Fsp3) is 0.0417. The van der Waals surface area contributed by atoms with Crippen LogP contribution in [-0.2, 0) is 0 Å². The highest BCUT2D eigenvalue weighted by Crippen LogP contribution is 2.32. The summed E-state index contributed by atoms with van der Waals surface area (Å²) in [4.78, 5) is 9.20. The molecule has 31 heavy (non-hydrogen) atoms. The number of anilines is 1. The molecular weight excluding hydrogens is 456 g/mol. The number of phenolic OH excluding ortho intramolecular Hbond substituents is 1. The number of benzene rings is 3. The number of ether oxygens (including phenoxy) is 1. The molecule has 0 aliphatic rings. The third-order valence-corrected chi connectivity index (χ3v) is 4.98. The molecule has 0 radical (unpaired) electrons. The molecule has 154 valence electrons. The zero-order chi connectivity index (χ0) is 21.6. The van der Waals surface area contributed by atoms with E-state index in [1.165, 1.54) is 13.3 Å². The number of hydrogen-bond donors (Lipinski definition) is 2. The first kappa shape index (κ1) is 20.6. The first-order valence-electron chi connectivity index (χ1n) is 9.49. The van der Waals surface area contributed by atoms with Gasteiger partial charge in [0.2, 0.25) is 5.95 Å². The van der Waals surface area contributed by atoms with E-state index in [-0.39, 0.29) is 5.75 Å². The minimum absolute atomic E-state index is 0.000166. The van der Waals surface area contributed by atoms with Crippen LogP contribution in [0.3, 0.4) is 0 Å². The Balaban J connectivity index is 1.68. The molecule has 0 aliphatic heterocycles. The number of nitrogens with zero attached hydrogens (tertiary/aromatic N) is 3. The van der Waals surface area contributed by atoms with Crippen molar-refractivity contribution in [1.29, 1.82) is 0 Å². The zero-order valence-electron chi connectivity index (χ0n) is 16.7. The number of methoxy groups -OCH3 is 1. The first-order valence-corrected chi connectivity index (χ1v) is 10.3. The summed E-state index contributed by atoms with van der Waals surface area (Å²) in [5.74, 6) is 0.697. The number of aromatic hydroxyl groups is 1. The molecule has 0 aliphatic carbocycles. The molecule has 7 heteroatoms. The van der Waals surface area contributed by atoms with Gasteiger partial charge in [-0.25, -0.2) is 15.4 Å². The molecule has 0 bridgehead atoms. The van der Waals surface area contributed by atoms with Crippen LogP contribution < -0.4 is 10.2 Å². The Hall–Kier alpha value is -3.71. The fourth-order valence-electron chi connectivity index (χ4n) is 3.02. The van der Waals surface area contributed by atoms with E-state index in [2.05, 4.69) is 36.4 Å². The van der Waals surface area contributed by atoms with Gasteiger partial charge in [-0.15, -0.1) is 0 Å². The Morgan fingerprint density at radius 2 is 1.48 bits per heavy atom. The topological polar surface area (TPSA) is 79.6 Å². The largest absolute Gasteiger partial charge is 0.504 e. The Kier molecular flexibility index (Phi) is 6.24. The molecule has 0 fully saturated rings. The summed E-state index contributed by atoms with van der Waals surface area (Å²) in [7, 11) is 1.49. The number of aromatic nitrogens is 2. The van der Waals surface area contributed by atoms with Gasteiger partial charge in [0.05, 0.1) is 24.7 Å². The second-order valence-electron chi connectivity index (χ2n) is 6.61. The van der Waals surface area contributed by atoms with Crippen molar-refractivity contribution >= 4 is 28.1 Å². The van der Waals surface area contributed by atoms with E-state index in [4.69, 9.17) is 4.74 Å². The predicted molar refractivity (Wildman–Crippen MR) is 126 cm³/mol. The monoisotopic (exact) mass is 474 g/mol. The van der Waals surface area contributed by atoms with Gasteiger partial charge in [0.25, 0.3) is 0 Å². The summed E-state index contributed by atoms with van der Waals surface area (Å²) in [6.07, 6.45) is 1.49. The third-order valence-electron chi connectivity index (χ3n) is 4.52. The highest BCUT2D eigenvalue weighted by atomic mass is 79.9. The summed E-state index contributed by atoms with van der Waals surface area (Å²) in [5, 5.41) is 14.5. The lowest BCUT2D eigenvalue weighted by Gasteiger charge is -2.09. The van der Waals surface area contributed by atoms with Crippen LogP contribution >= 0.6 is 15.9 Å². The minimum atomic E-state index is 0.000166. The number of hydrazone groups is 1. The number of halogens is 1. The highest BCUT2D eigenvalue weighted by molar-refractivity contribution is 9.10.